The molecule has 0 bridgehead atoms. The highest BCUT2D eigenvalue weighted by Gasteiger charge is 2.19. The molecule has 0 atom stereocenters. The fourth-order valence-electron chi connectivity index (χ4n) is 3.89. The zero-order chi connectivity index (χ0) is 19.6. The molecule has 7 nitrogen and oxygen atoms in total. The maximum absolute atomic E-state index is 13.1. The highest BCUT2D eigenvalue weighted by atomic mass is 16.1. The number of H-pyrrole nitrogens is 1. The van der Waals surface area contributed by atoms with Crippen LogP contribution in [0.2, 0.25) is 0 Å². The lowest BCUT2D eigenvalue weighted by Crippen LogP contribution is -2.19. The van der Waals surface area contributed by atoms with Gasteiger partial charge in [0, 0.05) is 30.2 Å². The SMILES string of the molecule is O=C(Nc1ccc(N2CCCC2)c2ncccc12)c1ccccc1-c1ncn[nH]1. The Hall–Kier alpha value is -3.74. The number of nitrogens with one attached hydrogen (secondary N) is 2. The van der Waals surface area contributed by atoms with Crippen molar-refractivity contribution in [1.82, 2.24) is 20.2 Å². The topological polar surface area (TPSA) is 86.8 Å². The van der Waals surface area contributed by atoms with Crippen molar-refractivity contribution < 1.29 is 4.79 Å². The van der Waals surface area contributed by atoms with Crippen LogP contribution in [0.15, 0.2) is 61.1 Å². The van der Waals surface area contributed by atoms with E-state index in [0.29, 0.717) is 17.0 Å². The summed E-state index contributed by atoms with van der Waals surface area (Å²) in [6, 6.07) is 15.3. The third-order valence-corrected chi connectivity index (χ3v) is 5.29. The van der Waals surface area contributed by atoms with Crippen molar-refractivity contribution in [1.29, 1.82) is 0 Å². The second-order valence-corrected chi connectivity index (χ2v) is 7.06. The zero-order valence-electron chi connectivity index (χ0n) is 15.8. The smallest absolute Gasteiger partial charge is 0.256 e. The van der Waals surface area contributed by atoms with Gasteiger partial charge in [-0.25, -0.2) is 4.98 Å². The van der Waals surface area contributed by atoms with Gasteiger partial charge in [0.1, 0.15) is 6.33 Å². The minimum absolute atomic E-state index is 0.198. The van der Waals surface area contributed by atoms with Crippen LogP contribution in [0.4, 0.5) is 11.4 Å². The van der Waals surface area contributed by atoms with Crippen LogP contribution in [-0.4, -0.2) is 39.2 Å². The van der Waals surface area contributed by atoms with Gasteiger partial charge in [0.2, 0.25) is 0 Å². The number of carbonyl (C=O) groups excluding carboxylic acids is 1. The van der Waals surface area contributed by atoms with E-state index in [9.17, 15) is 4.79 Å². The van der Waals surface area contributed by atoms with Crippen LogP contribution in [0.3, 0.4) is 0 Å². The predicted octanol–water partition coefficient (Wildman–Crippen LogP) is 3.87. The first-order chi connectivity index (χ1) is 14.3. The molecule has 2 N–H and O–H groups in total. The first-order valence-corrected chi connectivity index (χ1v) is 9.70. The second kappa shape index (κ2) is 7.35. The van der Waals surface area contributed by atoms with E-state index in [2.05, 4.69) is 36.4 Å². The molecule has 1 aliphatic rings. The van der Waals surface area contributed by atoms with Gasteiger partial charge in [-0.1, -0.05) is 18.2 Å². The molecule has 1 saturated heterocycles. The van der Waals surface area contributed by atoms with E-state index in [-0.39, 0.29) is 5.91 Å². The van der Waals surface area contributed by atoms with Crippen molar-refractivity contribution in [2.75, 3.05) is 23.3 Å². The number of benzene rings is 2. The number of amides is 1. The Labute approximate surface area is 167 Å². The summed E-state index contributed by atoms with van der Waals surface area (Å²) >= 11 is 0. The Morgan fingerprint density at radius 3 is 2.69 bits per heavy atom. The number of anilines is 2. The summed E-state index contributed by atoms with van der Waals surface area (Å²) in [6.45, 7) is 2.09. The van der Waals surface area contributed by atoms with Crippen molar-refractivity contribution in [2.24, 2.45) is 0 Å². The van der Waals surface area contributed by atoms with Gasteiger partial charge in [-0.2, -0.15) is 5.10 Å². The van der Waals surface area contributed by atoms with Gasteiger partial charge in [-0.15, -0.1) is 0 Å². The average molecular weight is 384 g/mol. The number of hydrogen-bond donors (Lipinski definition) is 2. The van der Waals surface area contributed by atoms with Crippen LogP contribution in [-0.2, 0) is 0 Å². The van der Waals surface area contributed by atoms with Gasteiger partial charge in [-0.3, -0.25) is 14.9 Å². The van der Waals surface area contributed by atoms with Crippen molar-refractivity contribution >= 4 is 28.2 Å². The lowest BCUT2D eigenvalue weighted by Gasteiger charge is -2.20. The van der Waals surface area contributed by atoms with Crippen LogP contribution < -0.4 is 10.2 Å². The molecule has 3 heterocycles. The number of hydrogen-bond acceptors (Lipinski definition) is 5. The van der Waals surface area contributed by atoms with Crippen molar-refractivity contribution in [2.45, 2.75) is 12.8 Å². The van der Waals surface area contributed by atoms with Crippen molar-refractivity contribution in [3.05, 3.63) is 66.6 Å². The molecule has 4 aromatic rings. The zero-order valence-corrected chi connectivity index (χ0v) is 15.8. The number of carbonyl (C=O) groups is 1. The number of aromatic nitrogens is 4. The Bertz CT molecular complexity index is 1170. The van der Waals surface area contributed by atoms with Gasteiger partial charge in [-0.05, 0) is 43.2 Å². The third-order valence-electron chi connectivity index (χ3n) is 5.29. The molecular weight excluding hydrogens is 364 g/mol. The monoisotopic (exact) mass is 384 g/mol. The molecule has 2 aromatic carbocycles. The summed E-state index contributed by atoms with van der Waals surface area (Å²) in [7, 11) is 0. The minimum atomic E-state index is -0.198. The molecule has 0 radical (unpaired) electrons. The van der Waals surface area contributed by atoms with Gasteiger partial charge in [0.05, 0.1) is 22.5 Å². The molecule has 1 amide bonds. The van der Waals surface area contributed by atoms with Crippen LogP contribution in [0.5, 0.6) is 0 Å². The highest BCUT2D eigenvalue weighted by molar-refractivity contribution is 6.12. The van der Waals surface area contributed by atoms with Crippen LogP contribution in [0.1, 0.15) is 23.2 Å². The van der Waals surface area contributed by atoms with Crippen molar-refractivity contribution in [3.63, 3.8) is 0 Å². The molecule has 0 saturated carbocycles. The van der Waals surface area contributed by atoms with E-state index >= 15 is 0 Å². The normalized spacial score (nSPS) is 13.7. The van der Waals surface area contributed by atoms with Gasteiger partial charge in [0.15, 0.2) is 5.82 Å². The quantitative estimate of drug-likeness (QED) is 0.558. The lowest BCUT2D eigenvalue weighted by atomic mass is 10.1. The fourth-order valence-corrected chi connectivity index (χ4v) is 3.89. The largest absolute Gasteiger partial charge is 0.370 e. The number of fused-ring (bicyclic) bond motifs is 1. The first kappa shape index (κ1) is 17.4. The fraction of sp³-hybridized carbons (Fsp3) is 0.182. The molecule has 144 valence electrons. The molecule has 1 fully saturated rings. The number of pyridine rings is 1. The van der Waals surface area contributed by atoms with E-state index in [1.165, 1.54) is 19.2 Å². The number of rotatable bonds is 4. The molecule has 7 heteroatoms. The summed E-state index contributed by atoms with van der Waals surface area (Å²) in [6.07, 6.45) is 5.63. The lowest BCUT2D eigenvalue weighted by molar-refractivity contribution is 0.102. The number of aromatic amines is 1. The van der Waals surface area contributed by atoms with Gasteiger partial charge in [0.25, 0.3) is 5.91 Å². The predicted molar refractivity (Wildman–Crippen MR) is 113 cm³/mol. The third kappa shape index (κ3) is 3.20. The maximum atomic E-state index is 13.1. The summed E-state index contributed by atoms with van der Waals surface area (Å²) in [5.74, 6) is 0.364. The Kier molecular flexibility index (Phi) is 4.40. The summed E-state index contributed by atoms with van der Waals surface area (Å²) in [5, 5.41) is 10.7. The molecule has 0 aliphatic carbocycles. The molecule has 2 aromatic heterocycles. The summed E-state index contributed by atoms with van der Waals surface area (Å²) < 4.78 is 0. The summed E-state index contributed by atoms with van der Waals surface area (Å²) in [4.78, 5) is 24.3. The van der Waals surface area contributed by atoms with Crippen LogP contribution in [0, 0.1) is 0 Å². The summed E-state index contributed by atoms with van der Waals surface area (Å²) in [5.41, 5.74) is 4.02. The highest BCUT2D eigenvalue weighted by Crippen LogP contribution is 2.33. The molecular formula is C22H20N6O. The van der Waals surface area contributed by atoms with E-state index in [1.54, 1.807) is 12.3 Å². The number of nitrogens with zero attached hydrogens (tertiary/aromatic N) is 4. The molecule has 29 heavy (non-hydrogen) atoms. The Balaban J connectivity index is 1.52. The molecule has 5 rings (SSSR count). The first-order valence-electron chi connectivity index (χ1n) is 9.70. The molecule has 1 aliphatic heterocycles. The van der Waals surface area contributed by atoms with E-state index in [1.807, 2.05) is 36.4 Å². The second-order valence-electron chi connectivity index (χ2n) is 7.06. The van der Waals surface area contributed by atoms with E-state index < -0.39 is 0 Å². The van der Waals surface area contributed by atoms with E-state index in [0.717, 1.165) is 35.4 Å². The minimum Gasteiger partial charge on any atom is -0.370 e. The Morgan fingerprint density at radius 2 is 1.86 bits per heavy atom. The van der Waals surface area contributed by atoms with Crippen LogP contribution >= 0.6 is 0 Å². The molecule has 0 spiro atoms. The average Bonchev–Trinajstić information content (AvgIpc) is 3.48. The Morgan fingerprint density at radius 1 is 1.00 bits per heavy atom. The molecule has 0 unspecified atom stereocenters. The van der Waals surface area contributed by atoms with Gasteiger partial charge >= 0.3 is 0 Å². The van der Waals surface area contributed by atoms with Gasteiger partial charge < -0.3 is 10.2 Å². The van der Waals surface area contributed by atoms with E-state index in [4.69, 9.17) is 0 Å². The standard InChI is InChI=1S/C22H20N6O/c29-22(16-7-2-1-6-15(16)21-24-14-25-27-21)26-18-9-10-19(28-12-3-4-13-28)20-17(18)8-5-11-23-20/h1-2,5-11,14H,3-4,12-13H2,(H,26,29)(H,24,25,27). The van der Waals surface area contributed by atoms with Crippen molar-refractivity contribution in [3.8, 4) is 11.4 Å². The maximum Gasteiger partial charge on any atom is 0.256 e. The van der Waals surface area contributed by atoms with Crippen LogP contribution in [0.25, 0.3) is 22.3 Å².